The minimum atomic E-state index is -0.635. The van der Waals surface area contributed by atoms with E-state index in [0.717, 1.165) is 24.2 Å². The van der Waals surface area contributed by atoms with Crippen LogP contribution in [0.5, 0.6) is 5.75 Å². The number of aromatic nitrogens is 1. The SMILES string of the molecule is C[C@@H]1CN(C(=O)[C@H](N)Cc2ccc(O)cc2)CCC1NC(=O)c1cc(C2CC2)on1. The van der Waals surface area contributed by atoms with Crippen molar-refractivity contribution in [2.45, 2.75) is 50.6 Å². The van der Waals surface area contributed by atoms with Crippen molar-refractivity contribution in [2.24, 2.45) is 11.7 Å². The third kappa shape index (κ3) is 4.64. The minimum absolute atomic E-state index is 0.0315. The summed E-state index contributed by atoms with van der Waals surface area (Å²) >= 11 is 0. The van der Waals surface area contributed by atoms with Crippen LogP contribution in [0.25, 0.3) is 0 Å². The van der Waals surface area contributed by atoms with Crippen molar-refractivity contribution in [3.05, 3.63) is 47.3 Å². The van der Waals surface area contributed by atoms with Crippen LogP contribution >= 0.6 is 0 Å². The van der Waals surface area contributed by atoms with E-state index in [2.05, 4.69) is 10.5 Å². The van der Waals surface area contributed by atoms with Gasteiger partial charge in [-0.05, 0) is 49.3 Å². The molecule has 1 saturated heterocycles. The number of phenolic OH excluding ortho intramolecular Hbond substituents is 1. The van der Waals surface area contributed by atoms with E-state index >= 15 is 0 Å². The van der Waals surface area contributed by atoms with Gasteiger partial charge in [0.1, 0.15) is 11.5 Å². The first-order valence-corrected chi connectivity index (χ1v) is 10.5. The maximum Gasteiger partial charge on any atom is 0.273 e. The number of nitrogens with zero attached hydrogens (tertiary/aromatic N) is 2. The Labute approximate surface area is 175 Å². The van der Waals surface area contributed by atoms with Crippen molar-refractivity contribution < 1.29 is 19.2 Å². The van der Waals surface area contributed by atoms with Gasteiger partial charge < -0.3 is 25.6 Å². The fourth-order valence-corrected chi connectivity index (χ4v) is 3.97. The zero-order valence-corrected chi connectivity index (χ0v) is 17.1. The van der Waals surface area contributed by atoms with Crippen LogP contribution < -0.4 is 11.1 Å². The first-order valence-electron chi connectivity index (χ1n) is 10.5. The molecule has 1 unspecified atom stereocenters. The summed E-state index contributed by atoms with van der Waals surface area (Å²) in [4.78, 5) is 27.1. The van der Waals surface area contributed by atoms with Crippen LogP contribution in [0, 0.1) is 5.92 Å². The molecule has 1 saturated carbocycles. The van der Waals surface area contributed by atoms with Gasteiger partial charge in [0.2, 0.25) is 5.91 Å². The fraction of sp³-hybridized carbons (Fsp3) is 0.500. The van der Waals surface area contributed by atoms with Gasteiger partial charge in [-0.15, -0.1) is 0 Å². The summed E-state index contributed by atoms with van der Waals surface area (Å²) in [6.07, 6.45) is 3.26. The largest absolute Gasteiger partial charge is 0.508 e. The predicted octanol–water partition coefficient (Wildman–Crippen LogP) is 1.79. The van der Waals surface area contributed by atoms with Gasteiger partial charge in [0.05, 0.1) is 6.04 Å². The number of amides is 2. The van der Waals surface area contributed by atoms with E-state index in [1.54, 1.807) is 35.2 Å². The van der Waals surface area contributed by atoms with Gasteiger partial charge in [-0.1, -0.05) is 24.2 Å². The predicted molar refractivity (Wildman–Crippen MR) is 110 cm³/mol. The summed E-state index contributed by atoms with van der Waals surface area (Å²) in [5.41, 5.74) is 7.37. The Morgan fingerprint density at radius 1 is 1.30 bits per heavy atom. The normalized spacial score (nSPS) is 22.5. The summed E-state index contributed by atoms with van der Waals surface area (Å²) in [7, 11) is 0. The number of phenols is 1. The molecule has 2 amide bonds. The first kappa shape index (κ1) is 20.4. The molecule has 1 aliphatic heterocycles. The summed E-state index contributed by atoms with van der Waals surface area (Å²) in [6.45, 7) is 3.11. The van der Waals surface area contributed by atoms with Crippen molar-refractivity contribution >= 4 is 11.8 Å². The highest BCUT2D eigenvalue weighted by Gasteiger charge is 2.33. The fourth-order valence-electron chi connectivity index (χ4n) is 3.97. The number of hydrogen-bond acceptors (Lipinski definition) is 6. The molecule has 2 fully saturated rings. The number of carbonyl (C=O) groups is 2. The molecule has 30 heavy (non-hydrogen) atoms. The standard InChI is InChI=1S/C22H28N4O4/c1-13-12-26(22(29)17(23)10-14-2-6-16(27)7-3-14)9-8-18(13)24-21(28)19-11-20(30-25-19)15-4-5-15/h2-3,6-7,11,13,15,17-18,27H,4-5,8-10,12,23H2,1H3,(H,24,28)/t13-,17-,18?/m1/s1. The number of rotatable bonds is 6. The molecule has 8 heteroatoms. The lowest BCUT2D eigenvalue weighted by atomic mass is 9.92. The minimum Gasteiger partial charge on any atom is -0.508 e. The van der Waals surface area contributed by atoms with Crippen LogP contribution in [0.3, 0.4) is 0 Å². The molecule has 2 heterocycles. The average molecular weight is 412 g/mol. The summed E-state index contributed by atoms with van der Waals surface area (Å²) in [5.74, 6) is 1.17. The Morgan fingerprint density at radius 2 is 2.03 bits per heavy atom. The zero-order chi connectivity index (χ0) is 21.3. The van der Waals surface area contributed by atoms with Crippen LogP contribution in [-0.2, 0) is 11.2 Å². The molecular weight excluding hydrogens is 384 g/mol. The molecule has 4 N–H and O–H groups in total. The smallest absolute Gasteiger partial charge is 0.273 e. The first-order chi connectivity index (χ1) is 14.4. The molecule has 0 bridgehead atoms. The molecule has 0 radical (unpaired) electrons. The van der Waals surface area contributed by atoms with Crippen LogP contribution in [0.2, 0.25) is 0 Å². The molecule has 1 aromatic carbocycles. The Kier molecular flexibility index (Phi) is 5.76. The maximum atomic E-state index is 12.8. The van der Waals surface area contributed by atoms with E-state index in [9.17, 15) is 14.7 Å². The van der Waals surface area contributed by atoms with Gasteiger partial charge in [-0.25, -0.2) is 0 Å². The number of likely N-dealkylation sites (tertiary alicyclic amines) is 1. The van der Waals surface area contributed by atoms with Crippen molar-refractivity contribution in [2.75, 3.05) is 13.1 Å². The number of aromatic hydroxyl groups is 1. The topological polar surface area (TPSA) is 122 Å². The van der Waals surface area contributed by atoms with E-state index < -0.39 is 6.04 Å². The molecule has 160 valence electrons. The van der Waals surface area contributed by atoms with Crippen molar-refractivity contribution in [1.29, 1.82) is 0 Å². The second kappa shape index (κ2) is 8.47. The number of benzene rings is 1. The van der Waals surface area contributed by atoms with Crippen molar-refractivity contribution in [1.82, 2.24) is 15.4 Å². The molecule has 1 aromatic heterocycles. The molecular formula is C22H28N4O4. The van der Waals surface area contributed by atoms with Crippen LogP contribution in [0.4, 0.5) is 0 Å². The molecule has 8 nitrogen and oxygen atoms in total. The number of carbonyl (C=O) groups excluding carboxylic acids is 2. The quantitative estimate of drug-likeness (QED) is 0.665. The zero-order valence-electron chi connectivity index (χ0n) is 17.1. The lowest BCUT2D eigenvalue weighted by Gasteiger charge is -2.38. The van der Waals surface area contributed by atoms with E-state index in [1.807, 2.05) is 6.92 Å². The van der Waals surface area contributed by atoms with E-state index in [1.165, 1.54) is 0 Å². The van der Waals surface area contributed by atoms with Gasteiger partial charge in [0.15, 0.2) is 5.69 Å². The van der Waals surface area contributed by atoms with E-state index in [0.29, 0.717) is 37.5 Å². The molecule has 2 aromatic rings. The summed E-state index contributed by atoms with van der Waals surface area (Å²) < 4.78 is 5.26. The highest BCUT2D eigenvalue weighted by atomic mass is 16.5. The highest BCUT2D eigenvalue weighted by molar-refractivity contribution is 5.92. The Morgan fingerprint density at radius 3 is 2.70 bits per heavy atom. The Bertz CT molecular complexity index is 906. The highest BCUT2D eigenvalue weighted by Crippen LogP contribution is 2.40. The lowest BCUT2D eigenvalue weighted by Crippen LogP contribution is -2.55. The summed E-state index contributed by atoms with van der Waals surface area (Å²) in [5, 5.41) is 16.3. The monoisotopic (exact) mass is 412 g/mol. The molecule has 3 atom stereocenters. The van der Waals surface area contributed by atoms with Gasteiger partial charge in [-0.3, -0.25) is 9.59 Å². The number of nitrogens with one attached hydrogen (secondary N) is 1. The lowest BCUT2D eigenvalue weighted by molar-refractivity contribution is -0.134. The second-order valence-corrected chi connectivity index (χ2v) is 8.50. The number of piperidine rings is 1. The molecule has 2 aliphatic rings. The van der Waals surface area contributed by atoms with Crippen molar-refractivity contribution in [3.63, 3.8) is 0 Å². The van der Waals surface area contributed by atoms with Gasteiger partial charge in [0, 0.05) is 31.1 Å². The Balaban J connectivity index is 1.28. The van der Waals surface area contributed by atoms with Crippen LogP contribution in [0.15, 0.2) is 34.9 Å². The van der Waals surface area contributed by atoms with Gasteiger partial charge in [0.25, 0.3) is 5.91 Å². The van der Waals surface area contributed by atoms with E-state index in [4.69, 9.17) is 10.3 Å². The molecule has 0 spiro atoms. The molecule has 1 aliphatic carbocycles. The third-order valence-corrected chi connectivity index (χ3v) is 5.98. The number of hydrogen-bond donors (Lipinski definition) is 3. The van der Waals surface area contributed by atoms with Crippen LogP contribution in [0.1, 0.15) is 53.9 Å². The average Bonchev–Trinajstić information content (AvgIpc) is 3.47. The van der Waals surface area contributed by atoms with Gasteiger partial charge >= 0.3 is 0 Å². The number of nitrogens with two attached hydrogens (primary N) is 1. The molecule has 4 rings (SSSR count). The van der Waals surface area contributed by atoms with E-state index in [-0.39, 0.29) is 29.5 Å². The third-order valence-electron chi connectivity index (χ3n) is 5.98. The maximum absolute atomic E-state index is 12.8. The van der Waals surface area contributed by atoms with Crippen molar-refractivity contribution in [3.8, 4) is 5.75 Å². The Hall–Kier alpha value is -2.87. The van der Waals surface area contributed by atoms with Gasteiger partial charge in [-0.2, -0.15) is 0 Å². The second-order valence-electron chi connectivity index (χ2n) is 8.50. The van der Waals surface area contributed by atoms with Crippen LogP contribution in [-0.4, -0.2) is 52.2 Å². The summed E-state index contributed by atoms with van der Waals surface area (Å²) in [6, 6.07) is 7.78.